The minimum Gasteiger partial charge on any atom is -0.337 e. The van der Waals surface area contributed by atoms with Crippen molar-refractivity contribution >= 4 is 33.2 Å². The lowest BCUT2D eigenvalue weighted by atomic mass is 9.80. The summed E-state index contributed by atoms with van der Waals surface area (Å²) in [7, 11) is -3.66. The summed E-state index contributed by atoms with van der Waals surface area (Å²) in [5.74, 6) is 0. The van der Waals surface area contributed by atoms with Crippen LogP contribution in [0.25, 0.3) is 0 Å². The highest BCUT2D eigenvalue weighted by molar-refractivity contribution is 7.89. The van der Waals surface area contributed by atoms with Crippen molar-refractivity contribution in [2.45, 2.75) is 62.6 Å². The fraction of sp³-hybridized carbons (Fsp3) is 0.600. The number of hydrogen-bond donors (Lipinski definition) is 2. The summed E-state index contributed by atoms with van der Waals surface area (Å²) in [6.07, 6.45) is 1.53. The smallest absolute Gasteiger partial charge is 0.242 e. The molecule has 0 radical (unpaired) electrons. The third kappa shape index (κ3) is 4.36. The van der Waals surface area contributed by atoms with Gasteiger partial charge in [-0.1, -0.05) is 23.2 Å². The Morgan fingerprint density at radius 3 is 2.18 bits per heavy atom. The predicted molar refractivity (Wildman–Crippen MR) is 89.9 cm³/mol. The van der Waals surface area contributed by atoms with Crippen LogP contribution in [0, 0.1) is 0 Å². The quantitative estimate of drug-likeness (QED) is 0.864. The van der Waals surface area contributed by atoms with Gasteiger partial charge in [0.2, 0.25) is 10.0 Å². The Morgan fingerprint density at radius 1 is 1.14 bits per heavy atom. The Balaban J connectivity index is 2.25. The van der Waals surface area contributed by atoms with Crippen LogP contribution in [0.2, 0.25) is 10.0 Å². The first-order chi connectivity index (χ1) is 9.90. The van der Waals surface area contributed by atoms with Crippen LogP contribution in [0.1, 0.15) is 40.5 Å². The fourth-order valence-corrected chi connectivity index (χ4v) is 5.59. The number of nitrogens with two attached hydrogens (primary N) is 1. The van der Waals surface area contributed by atoms with Crippen molar-refractivity contribution in [2.24, 2.45) is 0 Å². The summed E-state index contributed by atoms with van der Waals surface area (Å²) >= 11 is 11.9. The summed E-state index contributed by atoms with van der Waals surface area (Å²) in [6, 6.07) is 4.30. The second kappa shape index (κ2) is 5.95. The summed E-state index contributed by atoms with van der Waals surface area (Å²) in [4.78, 5) is 0.0729. The molecule has 1 aliphatic rings. The van der Waals surface area contributed by atoms with Crippen LogP contribution >= 0.6 is 23.2 Å². The Morgan fingerprint density at radius 2 is 1.68 bits per heavy atom. The maximum absolute atomic E-state index is 12.6. The van der Waals surface area contributed by atoms with Gasteiger partial charge >= 0.3 is 0 Å². The van der Waals surface area contributed by atoms with Gasteiger partial charge < -0.3 is 5.32 Å². The molecule has 1 saturated heterocycles. The summed E-state index contributed by atoms with van der Waals surface area (Å²) < 4.78 is 28.0. The average molecular weight is 366 g/mol. The standard InChI is InChI=1S/C15H22Cl2N2O2S/c1-14(2)8-11(9-15(3,4)19-14)18-22(20,21)13-6-5-10(16)7-12(13)17/h5-7,11,18-19H,8-9H2,1-4H3/p+1. The molecule has 0 bridgehead atoms. The topological polar surface area (TPSA) is 62.8 Å². The molecule has 7 heteroatoms. The Labute approximate surface area is 142 Å². The van der Waals surface area contributed by atoms with E-state index in [2.05, 4.69) is 37.7 Å². The number of rotatable bonds is 3. The molecule has 22 heavy (non-hydrogen) atoms. The molecule has 0 amide bonds. The summed E-state index contributed by atoms with van der Waals surface area (Å²) in [5, 5.41) is 2.86. The summed E-state index contributed by atoms with van der Waals surface area (Å²) in [6.45, 7) is 8.52. The lowest BCUT2D eigenvalue weighted by Gasteiger charge is -2.43. The molecule has 0 aromatic heterocycles. The summed E-state index contributed by atoms with van der Waals surface area (Å²) in [5.41, 5.74) is -0.0303. The zero-order valence-electron chi connectivity index (χ0n) is 13.3. The van der Waals surface area contributed by atoms with Crippen molar-refractivity contribution in [1.29, 1.82) is 0 Å². The molecule has 0 saturated carbocycles. The molecule has 1 aromatic rings. The maximum Gasteiger partial charge on any atom is 0.242 e. The zero-order chi connectivity index (χ0) is 16.8. The van der Waals surface area contributed by atoms with Crippen LogP contribution in [0.5, 0.6) is 0 Å². The molecule has 4 nitrogen and oxygen atoms in total. The first-order valence-electron chi connectivity index (χ1n) is 7.25. The number of nitrogens with one attached hydrogen (secondary N) is 1. The van der Waals surface area contributed by atoms with Gasteiger partial charge in [0, 0.05) is 23.9 Å². The molecule has 2 rings (SSSR count). The molecule has 1 aliphatic heterocycles. The van der Waals surface area contributed by atoms with Crippen LogP contribution in [-0.4, -0.2) is 25.5 Å². The molecule has 124 valence electrons. The molecule has 0 atom stereocenters. The molecule has 1 heterocycles. The Hall–Kier alpha value is -0.330. The number of halogens is 2. The third-order valence-electron chi connectivity index (χ3n) is 3.83. The number of quaternary nitrogens is 1. The van der Waals surface area contributed by atoms with Crippen molar-refractivity contribution in [1.82, 2.24) is 4.72 Å². The minimum atomic E-state index is -3.66. The highest BCUT2D eigenvalue weighted by atomic mass is 35.5. The molecular formula is C15H23Cl2N2O2S+. The van der Waals surface area contributed by atoms with Gasteiger partial charge in [-0.2, -0.15) is 0 Å². The largest absolute Gasteiger partial charge is 0.337 e. The van der Waals surface area contributed by atoms with E-state index in [1.54, 1.807) is 0 Å². The van der Waals surface area contributed by atoms with Crippen molar-refractivity contribution in [3.05, 3.63) is 28.2 Å². The minimum absolute atomic E-state index is 0.0152. The van der Waals surface area contributed by atoms with Crippen LogP contribution in [0.15, 0.2) is 23.1 Å². The van der Waals surface area contributed by atoms with Crippen molar-refractivity contribution in [3.8, 4) is 0 Å². The van der Waals surface area contributed by atoms with Crippen molar-refractivity contribution < 1.29 is 13.7 Å². The highest BCUT2D eigenvalue weighted by Crippen LogP contribution is 2.27. The SMILES string of the molecule is CC1(C)CC(NS(=O)(=O)c2ccc(Cl)cc2Cl)CC(C)(C)[NH2+]1. The Bertz CT molecular complexity index is 656. The molecule has 0 unspecified atom stereocenters. The molecular weight excluding hydrogens is 343 g/mol. The van der Waals surface area contributed by atoms with Gasteiger partial charge in [0.05, 0.1) is 16.1 Å². The van der Waals surface area contributed by atoms with Gasteiger partial charge in [0.15, 0.2) is 0 Å². The number of sulfonamides is 1. The molecule has 3 N–H and O–H groups in total. The number of piperidine rings is 1. The number of hydrogen-bond acceptors (Lipinski definition) is 2. The monoisotopic (exact) mass is 365 g/mol. The molecule has 1 aromatic carbocycles. The van der Waals surface area contributed by atoms with E-state index in [-0.39, 0.29) is 27.0 Å². The lowest BCUT2D eigenvalue weighted by molar-refractivity contribution is -0.787. The van der Waals surface area contributed by atoms with Gasteiger partial charge in [-0.25, -0.2) is 13.1 Å². The zero-order valence-corrected chi connectivity index (χ0v) is 15.6. The van der Waals surface area contributed by atoms with Gasteiger partial charge in [0.1, 0.15) is 4.90 Å². The van der Waals surface area contributed by atoms with E-state index in [0.717, 1.165) is 12.8 Å². The van der Waals surface area contributed by atoms with E-state index >= 15 is 0 Å². The fourth-order valence-electron chi connectivity index (χ4n) is 3.58. The maximum atomic E-state index is 12.6. The predicted octanol–water partition coefficient (Wildman–Crippen LogP) is 2.55. The van der Waals surface area contributed by atoms with Gasteiger partial charge in [-0.15, -0.1) is 0 Å². The van der Waals surface area contributed by atoms with E-state index < -0.39 is 10.0 Å². The van der Waals surface area contributed by atoms with Gasteiger partial charge in [0.25, 0.3) is 0 Å². The van der Waals surface area contributed by atoms with Crippen LogP contribution < -0.4 is 10.0 Å². The second-order valence-electron chi connectivity index (χ2n) is 7.42. The highest BCUT2D eigenvalue weighted by Gasteiger charge is 2.43. The molecule has 0 spiro atoms. The average Bonchev–Trinajstić information content (AvgIpc) is 2.21. The van der Waals surface area contributed by atoms with Crippen molar-refractivity contribution in [2.75, 3.05) is 0 Å². The van der Waals surface area contributed by atoms with E-state index in [4.69, 9.17) is 23.2 Å². The van der Waals surface area contributed by atoms with E-state index in [1.165, 1.54) is 18.2 Å². The molecule has 0 aliphatic carbocycles. The lowest BCUT2D eigenvalue weighted by Crippen LogP contribution is -3.06. The van der Waals surface area contributed by atoms with Crippen molar-refractivity contribution in [3.63, 3.8) is 0 Å². The normalized spacial score (nSPS) is 21.7. The van der Waals surface area contributed by atoms with Gasteiger partial charge in [-0.3, -0.25) is 0 Å². The molecule has 1 fully saturated rings. The van der Waals surface area contributed by atoms with E-state index in [0.29, 0.717) is 5.02 Å². The van der Waals surface area contributed by atoms with E-state index in [1.807, 2.05) is 0 Å². The first-order valence-corrected chi connectivity index (χ1v) is 9.49. The van der Waals surface area contributed by atoms with Crippen LogP contribution in [-0.2, 0) is 10.0 Å². The van der Waals surface area contributed by atoms with Crippen LogP contribution in [0.4, 0.5) is 0 Å². The Kier molecular flexibility index (Phi) is 4.87. The van der Waals surface area contributed by atoms with E-state index in [9.17, 15) is 8.42 Å². The second-order valence-corrected chi connectivity index (χ2v) is 9.95. The van der Waals surface area contributed by atoms with Crippen LogP contribution in [0.3, 0.4) is 0 Å². The first kappa shape index (κ1) is 18.0. The third-order valence-corrected chi connectivity index (χ3v) is 6.07. The van der Waals surface area contributed by atoms with Gasteiger partial charge in [-0.05, 0) is 45.9 Å². The number of benzene rings is 1.